The van der Waals surface area contributed by atoms with Crippen molar-refractivity contribution >= 4 is 33.3 Å². The van der Waals surface area contributed by atoms with Crippen LogP contribution in [0, 0.1) is 18.3 Å². The first-order valence-electron chi connectivity index (χ1n) is 7.63. The summed E-state index contributed by atoms with van der Waals surface area (Å²) in [7, 11) is 0. The van der Waals surface area contributed by atoms with Crippen LogP contribution < -0.4 is 10.6 Å². The molecule has 0 amide bonds. The molecule has 0 radical (unpaired) electrons. The fourth-order valence-corrected chi connectivity index (χ4v) is 4.12. The SMILES string of the molecule is Cc1cc2c(N3CCC(C(C)(C)C)CC3)nc(N)nc2s1. The minimum Gasteiger partial charge on any atom is -0.368 e. The number of fused-ring (bicyclic) bond motifs is 1. The van der Waals surface area contributed by atoms with Gasteiger partial charge in [-0.1, -0.05) is 20.8 Å². The van der Waals surface area contributed by atoms with Crippen LogP contribution in [0.2, 0.25) is 0 Å². The van der Waals surface area contributed by atoms with Crippen LogP contribution in [0.15, 0.2) is 6.07 Å². The van der Waals surface area contributed by atoms with Crippen LogP contribution in [0.5, 0.6) is 0 Å². The van der Waals surface area contributed by atoms with Gasteiger partial charge in [-0.3, -0.25) is 0 Å². The molecule has 4 nitrogen and oxygen atoms in total. The molecule has 1 aliphatic rings. The molecule has 1 saturated heterocycles. The summed E-state index contributed by atoms with van der Waals surface area (Å²) in [4.78, 5) is 13.5. The van der Waals surface area contributed by atoms with Crippen LogP contribution >= 0.6 is 11.3 Å². The van der Waals surface area contributed by atoms with E-state index in [0.717, 1.165) is 35.0 Å². The normalized spacial score (nSPS) is 17.6. The maximum atomic E-state index is 5.89. The van der Waals surface area contributed by atoms with E-state index < -0.39 is 0 Å². The van der Waals surface area contributed by atoms with Crippen molar-refractivity contribution in [3.63, 3.8) is 0 Å². The number of hydrogen-bond donors (Lipinski definition) is 1. The molecule has 2 aromatic heterocycles. The average Bonchev–Trinajstić information content (AvgIpc) is 2.77. The van der Waals surface area contributed by atoms with Gasteiger partial charge in [-0.25, -0.2) is 4.98 Å². The molecule has 2 aromatic rings. The number of rotatable bonds is 1. The van der Waals surface area contributed by atoms with E-state index in [4.69, 9.17) is 5.73 Å². The predicted molar refractivity (Wildman–Crippen MR) is 91.0 cm³/mol. The molecular weight excluding hydrogens is 280 g/mol. The van der Waals surface area contributed by atoms with Gasteiger partial charge in [-0.15, -0.1) is 11.3 Å². The van der Waals surface area contributed by atoms with E-state index in [1.165, 1.54) is 17.7 Å². The highest BCUT2D eigenvalue weighted by atomic mass is 32.1. The van der Waals surface area contributed by atoms with Crippen LogP contribution in [0.25, 0.3) is 10.2 Å². The standard InChI is InChI=1S/C16H24N4S/c1-10-9-12-13(18-15(17)19-14(12)21-10)20-7-5-11(6-8-20)16(2,3)4/h9,11H,5-8H2,1-4H3,(H2,17,18,19). The largest absolute Gasteiger partial charge is 0.368 e. The first-order valence-corrected chi connectivity index (χ1v) is 8.45. The molecule has 0 aromatic carbocycles. The minimum absolute atomic E-state index is 0.386. The number of anilines is 2. The molecule has 0 spiro atoms. The van der Waals surface area contributed by atoms with Gasteiger partial charge in [-0.2, -0.15) is 4.98 Å². The van der Waals surface area contributed by atoms with Crippen LogP contribution in [0.1, 0.15) is 38.5 Å². The second-order valence-corrected chi connectivity index (χ2v) is 8.34. The number of aromatic nitrogens is 2. The molecule has 0 saturated carbocycles. The molecule has 0 bridgehead atoms. The van der Waals surface area contributed by atoms with E-state index in [-0.39, 0.29) is 0 Å². The third kappa shape index (κ3) is 2.84. The molecule has 0 unspecified atom stereocenters. The lowest BCUT2D eigenvalue weighted by Crippen LogP contribution is -2.38. The topological polar surface area (TPSA) is 55.0 Å². The van der Waals surface area contributed by atoms with E-state index >= 15 is 0 Å². The second kappa shape index (κ2) is 5.13. The van der Waals surface area contributed by atoms with Gasteiger partial charge in [0.05, 0.1) is 5.39 Å². The zero-order chi connectivity index (χ0) is 15.2. The number of hydrogen-bond acceptors (Lipinski definition) is 5. The van der Waals surface area contributed by atoms with Gasteiger partial charge in [0.25, 0.3) is 0 Å². The lowest BCUT2D eigenvalue weighted by molar-refractivity contribution is 0.199. The van der Waals surface area contributed by atoms with Gasteiger partial charge in [0, 0.05) is 18.0 Å². The highest BCUT2D eigenvalue weighted by Gasteiger charge is 2.30. The summed E-state index contributed by atoms with van der Waals surface area (Å²) in [6, 6.07) is 2.19. The monoisotopic (exact) mass is 304 g/mol. The Balaban J connectivity index is 1.88. The summed E-state index contributed by atoms with van der Waals surface area (Å²) >= 11 is 1.69. The van der Waals surface area contributed by atoms with Gasteiger partial charge in [0.1, 0.15) is 10.6 Å². The van der Waals surface area contributed by atoms with E-state index in [1.807, 2.05) is 0 Å². The highest BCUT2D eigenvalue weighted by Crippen LogP contribution is 2.37. The highest BCUT2D eigenvalue weighted by molar-refractivity contribution is 7.18. The molecule has 21 heavy (non-hydrogen) atoms. The van der Waals surface area contributed by atoms with Crippen LogP contribution in [-0.4, -0.2) is 23.1 Å². The first-order chi connectivity index (χ1) is 9.84. The zero-order valence-electron chi connectivity index (χ0n) is 13.3. The summed E-state index contributed by atoms with van der Waals surface area (Å²) in [6.07, 6.45) is 2.44. The third-order valence-electron chi connectivity index (χ3n) is 4.53. The molecule has 3 heterocycles. The molecule has 3 rings (SSSR count). The Kier molecular flexibility index (Phi) is 3.56. The van der Waals surface area contributed by atoms with Crippen LogP contribution in [0.3, 0.4) is 0 Å². The number of thiophene rings is 1. The molecule has 2 N–H and O–H groups in total. The molecule has 0 atom stereocenters. The van der Waals surface area contributed by atoms with Crippen molar-refractivity contribution in [3.8, 4) is 0 Å². The van der Waals surface area contributed by atoms with Gasteiger partial charge < -0.3 is 10.6 Å². The molecule has 1 aliphatic heterocycles. The summed E-state index contributed by atoms with van der Waals surface area (Å²) in [6.45, 7) is 11.3. The van der Waals surface area contributed by atoms with E-state index in [1.54, 1.807) is 11.3 Å². The number of piperidine rings is 1. The van der Waals surface area contributed by atoms with Crippen LogP contribution in [-0.2, 0) is 0 Å². The third-order valence-corrected chi connectivity index (χ3v) is 5.48. The number of nitrogens with zero attached hydrogens (tertiary/aromatic N) is 3. The average molecular weight is 304 g/mol. The molecular formula is C16H24N4S. The van der Waals surface area contributed by atoms with Crippen molar-refractivity contribution in [3.05, 3.63) is 10.9 Å². The molecule has 5 heteroatoms. The Morgan fingerprint density at radius 2 is 1.90 bits per heavy atom. The Morgan fingerprint density at radius 1 is 1.24 bits per heavy atom. The fourth-order valence-electron chi connectivity index (χ4n) is 3.24. The van der Waals surface area contributed by atoms with Gasteiger partial charge in [-0.05, 0) is 37.2 Å². The molecule has 0 aliphatic carbocycles. The number of nitrogen functional groups attached to an aromatic ring is 1. The maximum Gasteiger partial charge on any atom is 0.223 e. The van der Waals surface area contributed by atoms with Crippen molar-refractivity contribution < 1.29 is 0 Å². The first kappa shape index (κ1) is 14.6. The fraction of sp³-hybridized carbons (Fsp3) is 0.625. The summed E-state index contributed by atoms with van der Waals surface area (Å²) < 4.78 is 0. The van der Waals surface area contributed by atoms with Gasteiger partial charge in [0.2, 0.25) is 5.95 Å². The van der Waals surface area contributed by atoms with Crippen molar-refractivity contribution in [2.24, 2.45) is 11.3 Å². The van der Waals surface area contributed by atoms with Gasteiger partial charge in [0.15, 0.2) is 0 Å². The quantitative estimate of drug-likeness (QED) is 0.869. The van der Waals surface area contributed by atoms with Crippen molar-refractivity contribution in [2.45, 2.75) is 40.5 Å². The second-order valence-electron chi connectivity index (χ2n) is 7.11. The van der Waals surface area contributed by atoms with E-state index in [9.17, 15) is 0 Å². The molecule has 1 fully saturated rings. The summed E-state index contributed by atoms with van der Waals surface area (Å²) in [5.74, 6) is 2.19. The van der Waals surface area contributed by atoms with Gasteiger partial charge >= 0.3 is 0 Å². The Morgan fingerprint density at radius 3 is 2.52 bits per heavy atom. The molecule has 114 valence electrons. The van der Waals surface area contributed by atoms with E-state index in [2.05, 4.69) is 48.6 Å². The number of aryl methyl sites for hydroxylation is 1. The smallest absolute Gasteiger partial charge is 0.223 e. The predicted octanol–water partition coefficient (Wildman–Crippen LogP) is 3.84. The summed E-state index contributed by atoms with van der Waals surface area (Å²) in [5.41, 5.74) is 6.29. The maximum absolute atomic E-state index is 5.89. The van der Waals surface area contributed by atoms with Crippen molar-refractivity contribution in [1.29, 1.82) is 0 Å². The summed E-state index contributed by atoms with van der Waals surface area (Å²) in [5, 5.41) is 1.15. The lowest BCUT2D eigenvalue weighted by atomic mass is 9.75. The Hall–Kier alpha value is -1.36. The van der Waals surface area contributed by atoms with E-state index in [0.29, 0.717) is 11.4 Å². The number of nitrogens with two attached hydrogens (primary N) is 1. The lowest BCUT2D eigenvalue weighted by Gasteiger charge is -2.39. The zero-order valence-corrected chi connectivity index (χ0v) is 14.1. The van der Waals surface area contributed by atoms with Crippen molar-refractivity contribution in [1.82, 2.24) is 9.97 Å². The van der Waals surface area contributed by atoms with Crippen LogP contribution in [0.4, 0.5) is 11.8 Å². The Labute approximate surface area is 130 Å². The van der Waals surface area contributed by atoms with Crippen molar-refractivity contribution in [2.75, 3.05) is 23.7 Å². The Bertz CT molecular complexity index is 648. The minimum atomic E-state index is 0.386.